The molecule has 2 aromatic rings. The molecular formula is C27H33N3O7. The van der Waals surface area contributed by atoms with Crippen LogP contribution in [-0.2, 0) is 26.3 Å². The molecule has 198 valence electrons. The highest BCUT2D eigenvalue weighted by Crippen LogP contribution is 2.41. The summed E-state index contributed by atoms with van der Waals surface area (Å²) in [5.74, 6) is 0.126. The third-order valence-corrected chi connectivity index (χ3v) is 7.97. The molecule has 0 aliphatic carbocycles. The lowest BCUT2D eigenvalue weighted by molar-refractivity contribution is -0.134. The standard InChI is InChI=1S/C27H33N3O7/c1-17-11-21(31)25(35)26(37-17)27(6-9-36-10-7-27)13-22(32)28-8-5-23(33)29-14-18-12-19(16-29)20-3-2-4-24(34)30(20)15-18/h2-4,11,18-19,35H,5-10,12-16H2,1H3,(H,28,32). The van der Waals surface area contributed by atoms with Crippen molar-refractivity contribution in [2.24, 2.45) is 5.92 Å². The highest BCUT2D eigenvalue weighted by Gasteiger charge is 2.42. The molecule has 2 aromatic heterocycles. The smallest absolute Gasteiger partial charge is 0.250 e. The number of amides is 2. The van der Waals surface area contributed by atoms with Gasteiger partial charge in [-0.15, -0.1) is 0 Å². The van der Waals surface area contributed by atoms with E-state index in [0.717, 1.165) is 12.1 Å². The summed E-state index contributed by atoms with van der Waals surface area (Å²) in [5.41, 5.74) is -0.385. The average molecular weight is 512 g/mol. The molecule has 5 heterocycles. The number of carbonyl (C=O) groups excluding carboxylic acids is 2. The highest BCUT2D eigenvalue weighted by atomic mass is 16.5. The van der Waals surface area contributed by atoms with Crippen molar-refractivity contribution >= 4 is 11.8 Å². The van der Waals surface area contributed by atoms with E-state index in [1.54, 1.807) is 19.1 Å². The zero-order chi connectivity index (χ0) is 26.2. The van der Waals surface area contributed by atoms with Gasteiger partial charge < -0.3 is 29.0 Å². The van der Waals surface area contributed by atoms with Gasteiger partial charge in [0, 0.05) is 81.4 Å². The molecule has 2 unspecified atom stereocenters. The number of hydrogen-bond acceptors (Lipinski definition) is 7. The van der Waals surface area contributed by atoms with E-state index in [4.69, 9.17) is 9.15 Å². The van der Waals surface area contributed by atoms with Gasteiger partial charge >= 0.3 is 0 Å². The van der Waals surface area contributed by atoms with E-state index in [0.29, 0.717) is 51.4 Å². The molecule has 0 spiro atoms. The van der Waals surface area contributed by atoms with Crippen molar-refractivity contribution in [1.82, 2.24) is 14.8 Å². The van der Waals surface area contributed by atoms with Crippen LogP contribution in [0.2, 0.25) is 0 Å². The summed E-state index contributed by atoms with van der Waals surface area (Å²) in [4.78, 5) is 52.2. The molecule has 2 atom stereocenters. The monoisotopic (exact) mass is 511 g/mol. The minimum absolute atomic E-state index is 0.00949. The summed E-state index contributed by atoms with van der Waals surface area (Å²) >= 11 is 0. The van der Waals surface area contributed by atoms with Gasteiger partial charge in [-0.1, -0.05) is 6.07 Å². The molecule has 2 saturated heterocycles. The molecule has 10 heteroatoms. The number of aromatic hydroxyl groups is 1. The third-order valence-electron chi connectivity index (χ3n) is 7.97. The van der Waals surface area contributed by atoms with Crippen LogP contribution in [0.15, 0.2) is 38.3 Å². The second kappa shape index (κ2) is 10.2. The van der Waals surface area contributed by atoms with Crippen molar-refractivity contribution in [2.45, 2.75) is 56.9 Å². The molecule has 3 aliphatic heterocycles. The van der Waals surface area contributed by atoms with Crippen LogP contribution in [0.25, 0.3) is 0 Å². The van der Waals surface area contributed by atoms with Crippen molar-refractivity contribution in [3.8, 4) is 5.75 Å². The van der Waals surface area contributed by atoms with Crippen LogP contribution in [0, 0.1) is 12.8 Å². The number of aryl methyl sites for hydroxylation is 1. The van der Waals surface area contributed by atoms with Crippen LogP contribution in [0.5, 0.6) is 5.75 Å². The maximum Gasteiger partial charge on any atom is 0.250 e. The number of nitrogens with zero attached hydrogens (tertiary/aromatic N) is 2. The molecule has 2 bridgehead atoms. The van der Waals surface area contributed by atoms with Gasteiger partial charge in [0.25, 0.3) is 5.56 Å². The Bertz CT molecular complexity index is 1310. The van der Waals surface area contributed by atoms with E-state index >= 15 is 0 Å². The number of aromatic nitrogens is 1. The van der Waals surface area contributed by atoms with E-state index in [-0.39, 0.29) is 54.4 Å². The molecule has 0 radical (unpaired) electrons. The Morgan fingerprint density at radius 3 is 2.73 bits per heavy atom. The van der Waals surface area contributed by atoms with Crippen molar-refractivity contribution in [3.63, 3.8) is 0 Å². The second-order valence-electron chi connectivity index (χ2n) is 10.6. The first-order chi connectivity index (χ1) is 17.8. The molecule has 37 heavy (non-hydrogen) atoms. The average Bonchev–Trinajstić information content (AvgIpc) is 2.87. The number of hydrogen-bond donors (Lipinski definition) is 2. The summed E-state index contributed by atoms with van der Waals surface area (Å²) in [6, 6.07) is 6.55. The lowest BCUT2D eigenvalue weighted by Crippen LogP contribution is -2.49. The van der Waals surface area contributed by atoms with Gasteiger partial charge in [-0.3, -0.25) is 19.2 Å². The summed E-state index contributed by atoms with van der Waals surface area (Å²) in [7, 11) is 0. The molecule has 2 N–H and O–H groups in total. The summed E-state index contributed by atoms with van der Waals surface area (Å²) < 4.78 is 13.1. The van der Waals surface area contributed by atoms with Crippen molar-refractivity contribution in [3.05, 3.63) is 62.1 Å². The highest BCUT2D eigenvalue weighted by molar-refractivity contribution is 5.80. The van der Waals surface area contributed by atoms with E-state index in [1.165, 1.54) is 6.07 Å². The van der Waals surface area contributed by atoms with Gasteiger partial charge in [-0.05, 0) is 38.2 Å². The number of carbonyl (C=O) groups is 2. The van der Waals surface area contributed by atoms with Gasteiger partial charge in [-0.25, -0.2) is 0 Å². The zero-order valence-electron chi connectivity index (χ0n) is 21.0. The third kappa shape index (κ3) is 5.07. The first-order valence-electron chi connectivity index (χ1n) is 12.9. The van der Waals surface area contributed by atoms with Gasteiger partial charge in [0.2, 0.25) is 23.0 Å². The molecular weight excluding hydrogens is 478 g/mol. The van der Waals surface area contributed by atoms with E-state index in [9.17, 15) is 24.3 Å². The Labute approximate surface area is 214 Å². The Morgan fingerprint density at radius 2 is 1.95 bits per heavy atom. The minimum atomic E-state index is -0.850. The van der Waals surface area contributed by atoms with Crippen molar-refractivity contribution in [2.75, 3.05) is 32.8 Å². The van der Waals surface area contributed by atoms with Crippen molar-refractivity contribution < 1.29 is 23.8 Å². The number of likely N-dealkylation sites (tertiary alicyclic amines) is 1. The molecule has 5 rings (SSSR count). The van der Waals surface area contributed by atoms with E-state index < -0.39 is 16.6 Å². The summed E-state index contributed by atoms with van der Waals surface area (Å²) in [6.07, 6.45) is 2.02. The molecule has 3 aliphatic rings. The zero-order valence-corrected chi connectivity index (χ0v) is 21.0. The fourth-order valence-electron chi connectivity index (χ4n) is 6.15. The number of nitrogens with one attached hydrogen (secondary N) is 1. The maximum atomic E-state index is 13.0. The number of piperidine rings is 1. The minimum Gasteiger partial charge on any atom is -0.502 e. The fourth-order valence-corrected chi connectivity index (χ4v) is 6.15. The lowest BCUT2D eigenvalue weighted by atomic mass is 9.74. The van der Waals surface area contributed by atoms with Crippen LogP contribution in [0.1, 0.15) is 55.2 Å². The number of rotatable bonds is 6. The van der Waals surface area contributed by atoms with Crippen LogP contribution in [-0.4, -0.2) is 59.2 Å². The van der Waals surface area contributed by atoms with Crippen LogP contribution in [0.4, 0.5) is 0 Å². The van der Waals surface area contributed by atoms with Crippen LogP contribution >= 0.6 is 0 Å². The molecule has 0 aromatic carbocycles. The van der Waals surface area contributed by atoms with Gasteiger partial charge in [-0.2, -0.15) is 0 Å². The maximum absolute atomic E-state index is 13.0. The Morgan fingerprint density at radius 1 is 1.16 bits per heavy atom. The second-order valence-corrected chi connectivity index (χ2v) is 10.6. The first kappa shape index (κ1) is 25.3. The quantitative estimate of drug-likeness (QED) is 0.599. The van der Waals surface area contributed by atoms with Gasteiger partial charge in [0.15, 0.2) is 5.76 Å². The molecule has 2 amide bonds. The van der Waals surface area contributed by atoms with Crippen molar-refractivity contribution in [1.29, 1.82) is 0 Å². The fraction of sp³-hybridized carbons (Fsp3) is 0.556. The Kier molecular flexibility index (Phi) is 6.94. The Balaban J connectivity index is 1.19. The predicted molar refractivity (Wildman–Crippen MR) is 133 cm³/mol. The topological polar surface area (TPSA) is 131 Å². The van der Waals surface area contributed by atoms with E-state index in [1.807, 2.05) is 15.5 Å². The SMILES string of the molecule is Cc1cc(=O)c(O)c(C2(CC(=O)NCCC(=O)N3CC4CC(C3)c3cccc(=O)n3C4)CCOCC2)o1. The normalized spacial score (nSPS) is 22.2. The molecule has 0 saturated carbocycles. The van der Waals surface area contributed by atoms with Crippen LogP contribution < -0.4 is 16.3 Å². The molecule has 10 nitrogen and oxygen atoms in total. The van der Waals surface area contributed by atoms with Gasteiger partial charge in [0.1, 0.15) is 5.76 Å². The predicted octanol–water partition coefficient (Wildman–Crippen LogP) is 1.41. The van der Waals surface area contributed by atoms with E-state index in [2.05, 4.69) is 5.32 Å². The largest absolute Gasteiger partial charge is 0.502 e. The van der Waals surface area contributed by atoms with Crippen LogP contribution in [0.3, 0.4) is 0 Å². The number of fused-ring (bicyclic) bond motifs is 4. The number of ether oxygens (including phenoxy) is 1. The summed E-state index contributed by atoms with van der Waals surface area (Å²) in [5, 5.41) is 13.3. The first-order valence-corrected chi connectivity index (χ1v) is 12.9. The summed E-state index contributed by atoms with van der Waals surface area (Å²) in [6.45, 7) is 4.40. The lowest BCUT2D eigenvalue weighted by Gasteiger charge is -2.42. The van der Waals surface area contributed by atoms with Gasteiger partial charge in [0.05, 0.1) is 0 Å². The number of pyridine rings is 1. The Hall–Kier alpha value is -3.40. The molecule has 2 fully saturated rings.